The number of aromatic nitrogens is 2. The molecule has 0 aliphatic carbocycles. The van der Waals surface area contributed by atoms with Crippen LogP contribution in [0.1, 0.15) is 24.3 Å². The molecular weight excluding hydrogens is 346 g/mol. The van der Waals surface area contributed by atoms with Crippen LogP contribution in [0.5, 0.6) is 0 Å². The molecule has 1 aromatic heterocycles. The summed E-state index contributed by atoms with van der Waals surface area (Å²) in [6.07, 6.45) is 0.676. The van der Waals surface area contributed by atoms with Crippen LogP contribution in [-0.4, -0.2) is 28.9 Å². The number of anilines is 1. The first-order valence-electron chi connectivity index (χ1n) is 8.45. The highest BCUT2D eigenvalue weighted by atomic mass is 32.2. The summed E-state index contributed by atoms with van der Waals surface area (Å²) in [5.74, 6) is 1.12. The molecule has 1 unspecified atom stereocenters. The van der Waals surface area contributed by atoms with Crippen LogP contribution < -0.4 is 4.90 Å². The van der Waals surface area contributed by atoms with Crippen molar-refractivity contribution >= 4 is 23.4 Å². The summed E-state index contributed by atoms with van der Waals surface area (Å²) in [5, 5.41) is 8.57. The van der Waals surface area contributed by atoms with Crippen LogP contribution in [0.25, 0.3) is 0 Å². The van der Waals surface area contributed by atoms with Crippen LogP contribution in [0, 0.1) is 0 Å². The predicted molar refractivity (Wildman–Crippen MR) is 103 cm³/mol. The summed E-state index contributed by atoms with van der Waals surface area (Å²) >= 11 is 1.26. The number of nitrogens with zero attached hydrogens (tertiary/aromatic N) is 3. The summed E-state index contributed by atoms with van der Waals surface area (Å²) in [4.78, 5) is 13.9. The summed E-state index contributed by atoms with van der Waals surface area (Å²) in [6, 6.07) is 19.8. The third-order valence-corrected chi connectivity index (χ3v) is 4.94. The number of rotatable bonds is 7. The topological polar surface area (TPSA) is 59.2 Å². The molecule has 0 radical (unpaired) electrons. The summed E-state index contributed by atoms with van der Waals surface area (Å²) in [5.41, 5.74) is 2.10. The van der Waals surface area contributed by atoms with Gasteiger partial charge in [-0.3, -0.25) is 4.79 Å². The lowest BCUT2D eigenvalue weighted by Gasteiger charge is -2.16. The van der Waals surface area contributed by atoms with Crippen LogP contribution in [-0.2, 0) is 11.2 Å². The molecule has 3 rings (SSSR count). The molecule has 26 heavy (non-hydrogen) atoms. The molecule has 6 heteroatoms. The maximum atomic E-state index is 12.3. The number of amides is 1. The summed E-state index contributed by atoms with van der Waals surface area (Å²) in [7, 11) is 1.76. The van der Waals surface area contributed by atoms with E-state index in [1.807, 2.05) is 48.5 Å². The fourth-order valence-corrected chi connectivity index (χ4v) is 3.25. The fourth-order valence-electron chi connectivity index (χ4n) is 2.56. The van der Waals surface area contributed by atoms with E-state index in [-0.39, 0.29) is 11.7 Å². The van der Waals surface area contributed by atoms with Gasteiger partial charge in [0.2, 0.25) is 11.8 Å². The van der Waals surface area contributed by atoms with E-state index < -0.39 is 0 Å². The van der Waals surface area contributed by atoms with Gasteiger partial charge in [0.05, 0.1) is 5.75 Å². The Labute approximate surface area is 157 Å². The number of carbonyl (C=O) groups excluding carboxylic acids is 1. The highest BCUT2D eigenvalue weighted by Crippen LogP contribution is 2.23. The lowest BCUT2D eigenvalue weighted by molar-refractivity contribution is -0.115. The van der Waals surface area contributed by atoms with Crippen molar-refractivity contribution in [2.24, 2.45) is 0 Å². The van der Waals surface area contributed by atoms with Crippen molar-refractivity contribution in [2.75, 3.05) is 17.7 Å². The average molecular weight is 367 g/mol. The van der Waals surface area contributed by atoms with E-state index in [0.29, 0.717) is 23.5 Å². The van der Waals surface area contributed by atoms with E-state index >= 15 is 0 Å². The van der Waals surface area contributed by atoms with Crippen molar-refractivity contribution in [3.63, 3.8) is 0 Å². The zero-order chi connectivity index (χ0) is 18.4. The van der Waals surface area contributed by atoms with Gasteiger partial charge < -0.3 is 9.32 Å². The number of hydrogen-bond acceptors (Lipinski definition) is 5. The van der Waals surface area contributed by atoms with Gasteiger partial charge in [-0.2, -0.15) is 0 Å². The first-order chi connectivity index (χ1) is 12.6. The highest BCUT2D eigenvalue weighted by Gasteiger charge is 2.15. The normalized spacial score (nSPS) is 11.9. The molecule has 0 bridgehead atoms. The zero-order valence-corrected chi connectivity index (χ0v) is 15.6. The molecule has 0 aliphatic heterocycles. The van der Waals surface area contributed by atoms with Gasteiger partial charge in [0, 0.05) is 19.2 Å². The van der Waals surface area contributed by atoms with Gasteiger partial charge in [0.15, 0.2) is 0 Å². The van der Waals surface area contributed by atoms with E-state index in [0.717, 1.165) is 5.69 Å². The largest absolute Gasteiger partial charge is 0.416 e. The van der Waals surface area contributed by atoms with Crippen molar-refractivity contribution < 1.29 is 9.21 Å². The maximum absolute atomic E-state index is 12.3. The molecule has 0 N–H and O–H groups in total. The number of thioether (sulfide) groups is 1. The molecule has 5 nitrogen and oxygen atoms in total. The van der Waals surface area contributed by atoms with Crippen molar-refractivity contribution in [3.8, 4) is 0 Å². The minimum Gasteiger partial charge on any atom is -0.416 e. The standard InChI is InChI=1S/C20H21N3O2S/c1-15(16-9-5-3-6-10-16)13-18-21-22-20(25-18)26-14-19(24)23(2)17-11-7-4-8-12-17/h3-12,15H,13-14H2,1-2H3. The molecule has 1 heterocycles. The zero-order valence-electron chi connectivity index (χ0n) is 14.8. The van der Waals surface area contributed by atoms with Gasteiger partial charge in [0.1, 0.15) is 0 Å². The lowest BCUT2D eigenvalue weighted by Crippen LogP contribution is -2.27. The second kappa shape index (κ2) is 8.67. The molecular formula is C20H21N3O2S. The van der Waals surface area contributed by atoms with E-state index in [1.165, 1.54) is 17.3 Å². The number of para-hydroxylation sites is 1. The van der Waals surface area contributed by atoms with Gasteiger partial charge in [-0.25, -0.2) is 0 Å². The van der Waals surface area contributed by atoms with E-state index in [1.54, 1.807) is 11.9 Å². The smallest absolute Gasteiger partial charge is 0.277 e. The Bertz CT molecular complexity index is 837. The molecule has 0 saturated heterocycles. The molecule has 0 spiro atoms. The maximum Gasteiger partial charge on any atom is 0.277 e. The quantitative estimate of drug-likeness (QED) is 0.587. The molecule has 1 atom stereocenters. The van der Waals surface area contributed by atoms with Crippen LogP contribution in [0.2, 0.25) is 0 Å². The van der Waals surface area contributed by atoms with E-state index in [9.17, 15) is 4.79 Å². The van der Waals surface area contributed by atoms with E-state index in [2.05, 4.69) is 29.3 Å². The number of benzene rings is 2. The third-order valence-electron chi connectivity index (χ3n) is 4.13. The fraction of sp³-hybridized carbons (Fsp3) is 0.250. The number of carbonyl (C=O) groups is 1. The van der Waals surface area contributed by atoms with Crippen molar-refractivity contribution in [2.45, 2.75) is 24.5 Å². The van der Waals surface area contributed by atoms with Crippen molar-refractivity contribution in [3.05, 3.63) is 72.1 Å². The molecule has 134 valence electrons. The van der Waals surface area contributed by atoms with Gasteiger partial charge in [-0.15, -0.1) is 10.2 Å². The second-order valence-electron chi connectivity index (χ2n) is 6.05. The number of hydrogen-bond donors (Lipinski definition) is 0. The predicted octanol–water partition coefficient (Wildman–Crippen LogP) is 4.17. The first-order valence-corrected chi connectivity index (χ1v) is 9.44. The van der Waals surface area contributed by atoms with E-state index in [4.69, 9.17) is 4.42 Å². The Morgan fingerprint density at radius 3 is 2.42 bits per heavy atom. The van der Waals surface area contributed by atoms with Crippen LogP contribution in [0.15, 0.2) is 70.3 Å². The Morgan fingerprint density at radius 2 is 1.73 bits per heavy atom. The van der Waals surface area contributed by atoms with Crippen LogP contribution >= 0.6 is 11.8 Å². The molecule has 3 aromatic rings. The molecule has 2 aromatic carbocycles. The van der Waals surface area contributed by atoms with Crippen molar-refractivity contribution in [1.82, 2.24) is 10.2 Å². The van der Waals surface area contributed by atoms with Gasteiger partial charge in [-0.1, -0.05) is 67.2 Å². The Hall–Kier alpha value is -2.60. The Morgan fingerprint density at radius 1 is 1.08 bits per heavy atom. The molecule has 1 amide bonds. The Balaban J connectivity index is 1.53. The van der Waals surface area contributed by atoms with Gasteiger partial charge >= 0.3 is 0 Å². The van der Waals surface area contributed by atoms with Gasteiger partial charge in [0.25, 0.3) is 5.22 Å². The summed E-state index contributed by atoms with van der Waals surface area (Å²) < 4.78 is 5.68. The van der Waals surface area contributed by atoms with Crippen LogP contribution in [0.4, 0.5) is 5.69 Å². The SMILES string of the molecule is CC(Cc1nnc(SCC(=O)N(C)c2ccccc2)o1)c1ccccc1. The Kier molecular flexibility index (Phi) is 6.07. The van der Waals surface area contributed by atoms with Crippen LogP contribution in [0.3, 0.4) is 0 Å². The first kappa shape index (κ1) is 18.2. The van der Waals surface area contributed by atoms with Gasteiger partial charge in [-0.05, 0) is 23.6 Å². The second-order valence-corrected chi connectivity index (χ2v) is 6.98. The average Bonchev–Trinajstić information content (AvgIpc) is 3.14. The summed E-state index contributed by atoms with van der Waals surface area (Å²) in [6.45, 7) is 2.13. The van der Waals surface area contributed by atoms with Crippen molar-refractivity contribution in [1.29, 1.82) is 0 Å². The molecule has 0 aliphatic rings. The molecule has 0 fully saturated rings. The monoisotopic (exact) mass is 367 g/mol. The molecule has 0 saturated carbocycles. The third kappa shape index (κ3) is 4.73. The highest BCUT2D eigenvalue weighted by molar-refractivity contribution is 7.99. The minimum absolute atomic E-state index is 0.0152. The lowest BCUT2D eigenvalue weighted by atomic mass is 9.98. The minimum atomic E-state index is -0.0152.